The topological polar surface area (TPSA) is 66.7 Å². The molecule has 1 aromatic rings. The lowest BCUT2D eigenvalue weighted by molar-refractivity contribution is -0.141. The summed E-state index contributed by atoms with van der Waals surface area (Å²) in [7, 11) is 1.28. The third-order valence-electron chi connectivity index (χ3n) is 3.09. The summed E-state index contributed by atoms with van der Waals surface area (Å²) >= 11 is 0. The average Bonchev–Trinajstić information content (AvgIpc) is 3.13. The molecule has 0 saturated carbocycles. The second-order valence-corrected chi connectivity index (χ2v) is 4.13. The SMILES string of the molecule is COC(=O)C1CN1N1C(=O)c2ccccc2C1=O. The van der Waals surface area contributed by atoms with Gasteiger partial charge in [-0.2, -0.15) is 5.01 Å². The van der Waals surface area contributed by atoms with Crippen molar-refractivity contribution in [3.63, 3.8) is 0 Å². The van der Waals surface area contributed by atoms with E-state index in [-0.39, 0.29) is 11.8 Å². The third-order valence-corrected chi connectivity index (χ3v) is 3.09. The zero-order valence-electron chi connectivity index (χ0n) is 9.62. The van der Waals surface area contributed by atoms with Gasteiger partial charge in [-0.3, -0.25) is 14.4 Å². The summed E-state index contributed by atoms with van der Waals surface area (Å²) in [4.78, 5) is 35.4. The average molecular weight is 246 g/mol. The van der Waals surface area contributed by atoms with Crippen LogP contribution in [0.1, 0.15) is 20.7 Å². The van der Waals surface area contributed by atoms with E-state index in [0.29, 0.717) is 17.7 Å². The lowest BCUT2D eigenvalue weighted by Gasteiger charge is -2.14. The van der Waals surface area contributed by atoms with Crippen molar-refractivity contribution in [2.45, 2.75) is 6.04 Å². The largest absolute Gasteiger partial charge is 0.468 e. The number of ether oxygens (including phenoxy) is 1. The Labute approximate surface area is 103 Å². The van der Waals surface area contributed by atoms with Gasteiger partial charge in [0.25, 0.3) is 11.8 Å². The van der Waals surface area contributed by atoms with Crippen molar-refractivity contribution < 1.29 is 19.1 Å². The molecule has 6 heteroatoms. The van der Waals surface area contributed by atoms with Gasteiger partial charge in [0.2, 0.25) is 0 Å². The fraction of sp³-hybridized carbons (Fsp3) is 0.250. The Morgan fingerprint density at radius 2 is 1.78 bits per heavy atom. The van der Waals surface area contributed by atoms with Gasteiger partial charge in [-0.05, 0) is 12.1 Å². The van der Waals surface area contributed by atoms with E-state index in [1.54, 1.807) is 24.3 Å². The van der Waals surface area contributed by atoms with Crippen molar-refractivity contribution in [3.05, 3.63) is 35.4 Å². The van der Waals surface area contributed by atoms with E-state index in [1.807, 2.05) is 0 Å². The molecule has 1 aromatic carbocycles. The second kappa shape index (κ2) is 3.64. The number of nitrogens with zero attached hydrogens (tertiary/aromatic N) is 2. The van der Waals surface area contributed by atoms with Gasteiger partial charge in [-0.15, -0.1) is 0 Å². The maximum atomic E-state index is 12.1. The molecular weight excluding hydrogens is 236 g/mol. The number of hydrogen-bond donors (Lipinski definition) is 0. The molecule has 2 aliphatic rings. The van der Waals surface area contributed by atoms with Crippen molar-refractivity contribution in [2.24, 2.45) is 0 Å². The number of imide groups is 1. The van der Waals surface area contributed by atoms with Gasteiger partial charge in [0.05, 0.1) is 18.2 Å². The molecule has 2 heterocycles. The van der Waals surface area contributed by atoms with E-state index in [2.05, 4.69) is 4.74 Å². The maximum absolute atomic E-state index is 12.1. The van der Waals surface area contributed by atoms with Crippen LogP contribution in [0.4, 0.5) is 0 Å². The van der Waals surface area contributed by atoms with Crippen LogP contribution in [0.3, 0.4) is 0 Å². The zero-order chi connectivity index (χ0) is 12.9. The fourth-order valence-electron chi connectivity index (χ4n) is 2.09. The molecule has 3 rings (SSSR count). The number of fused-ring (bicyclic) bond motifs is 1. The monoisotopic (exact) mass is 246 g/mol. The summed E-state index contributed by atoms with van der Waals surface area (Å²) in [5.41, 5.74) is 0.746. The van der Waals surface area contributed by atoms with E-state index in [1.165, 1.54) is 12.1 Å². The number of hydrogen-bond acceptors (Lipinski definition) is 5. The molecule has 2 unspecified atom stereocenters. The number of carbonyl (C=O) groups excluding carboxylic acids is 3. The van der Waals surface area contributed by atoms with Crippen molar-refractivity contribution in [3.8, 4) is 0 Å². The van der Waals surface area contributed by atoms with Crippen LogP contribution in [0, 0.1) is 0 Å². The molecule has 92 valence electrons. The third kappa shape index (κ3) is 1.36. The van der Waals surface area contributed by atoms with Gasteiger partial charge in [-0.25, -0.2) is 5.01 Å². The molecule has 2 aliphatic heterocycles. The summed E-state index contributed by atoms with van der Waals surface area (Å²) in [6.45, 7) is 0.331. The van der Waals surface area contributed by atoms with E-state index in [4.69, 9.17) is 0 Å². The molecule has 0 aromatic heterocycles. The summed E-state index contributed by atoms with van der Waals surface area (Å²) in [6.07, 6.45) is 0. The number of carbonyl (C=O) groups is 3. The van der Waals surface area contributed by atoms with Crippen molar-refractivity contribution in [1.82, 2.24) is 10.0 Å². The highest BCUT2D eigenvalue weighted by Gasteiger charge is 2.52. The minimum atomic E-state index is -0.530. The van der Waals surface area contributed by atoms with Gasteiger partial charge in [-0.1, -0.05) is 12.1 Å². The molecule has 2 atom stereocenters. The van der Waals surface area contributed by atoms with Gasteiger partial charge in [0, 0.05) is 6.54 Å². The van der Waals surface area contributed by atoms with Crippen molar-refractivity contribution in [1.29, 1.82) is 0 Å². The number of methoxy groups -OCH3 is 1. The molecule has 2 amide bonds. The summed E-state index contributed by atoms with van der Waals surface area (Å²) in [5, 5.41) is 2.43. The Morgan fingerprint density at radius 1 is 1.22 bits per heavy atom. The van der Waals surface area contributed by atoms with Gasteiger partial charge in [0.1, 0.15) is 6.04 Å². The maximum Gasteiger partial charge on any atom is 0.326 e. The van der Waals surface area contributed by atoms with Crippen LogP contribution in [0.15, 0.2) is 24.3 Å². The first-order valence-corrected chi connectivity index (χ1v) is 5.47. The Kier molecular flexibility index (Phi) is 2.21. The highest BCUT2D eigenvalue weighted by Crippen LogP contribution is 2.31. The van der Waals surface area contributed by atoms with Crippen LogP contribution < -0.4 is 0 Å². The van der Waals surface area contributed by atoms with Crippen LogP contribution in [0.25, 0.3) is 0 Å². The minimum Gasteiger partial charge on any atom is -0.468 e. The number of amides is 2. The zero-order valence-corrected chi connectivity index (χ0v) is 9.62. The van der Waals surface area contributed by atoms with E-state index >= 15 is 0 Å². The van der Waals surface area contributed by atoms with E-state index < -0.39 is 12.0 Å². The highest BCUT2D eigenvalue weighted by molar-refractivity contribution is 6.21. The number of hydrazine groups is 1. The number of benzene rings is 1. The summed E-state index contributed by atoms with van der Waals surface area (Å²) in [5.74, 6) is -1.21. The number of esters is 1. The first-order valence-electron chi connectivity index (χ1n) is 5.47. The molecular formula is C12H10N2O4. The van der Waals surface area contributed by atoms with Gasteiger partial charge < -0.3 is 4.74 Å². The molecule has 18 heavy (non-hydrogen) atoms. The van der Waals surface area contributed by atoms with Crippen molar-refractivity contribution >= 4 is 17.8 Å². The van der Waals surface area contributed by atoms with Crippen LogP contribution >= 0.6 is 0 Å². The minimum absolute atomic E-state index is 0.331. The Hall–Kier alpha value is -2.21. The Morgan fingerprint density at radius 3 is 2.28 bits per heavy atom. The van der Waals surface area contributed by atoms with E-state index in [9.17, 15) is 14.4 Å². The quantitative estimate of drug-likeness (QED) is 0.419. The fourth-order valence-corrected chi connectivity index (χ4v) is 2.09. The number of rotatable bonds is 2. The van der Waals surface area contributed by atoms with Crippen LogP contribution in [0.2, 0.25) is 0 Å². The Balaban J connectivity index is 1.88. The van der Waals surface area contributed by atoms with Gasteiger partial charge in [0.15, 0.2) is 0 Å². The van der Waals surface area contributed by atoms with Gasteiger partial charge >= 0.3 is 5.97 Å². The summed E-state index contributed by atoms with van der Waals surface area (Å²) in [6, 6.07) is 6.08. The molecule has 1 saturated heterocycles. The second-order valence-electron chi connectivity index (χ2n) is 4.13. The summed E-state index contributed by atoms with van der Waals surface area (Å²) < 4.78 is 4.58. The molecule has 0 bridgehead atoms. The first kappa shape index (κ1) is 10.9. The predicted molar refractivity (Wildman–Crippen MR) is 59.5 cm³/mol. The predicted octanol–water partition coefficient (Wildman–Crippen LogP) is 0.0548. The molecule has 0 N–H and O–H groups in total. The first-order chi connectivity index (χ1) is 8.65. The molecule has 0 aliphatic carbocycles. The van der Waals surface area contributed by atoms with Crippen LogP contribution in [0.5, 0.6) is 0 Å². The standard InChI is InChI=1S/C12H10N2O4/c1-18-12(17)9-6-13(9)14-10(15)7-4-2-3-5-8(7)11(14)16/h2-5,9H,6H2,1H3. The highest BCUT2D eigenvalue weighted by atomic mass is 16.5. The van der Waals surface area contributed by atoms with Crippen molar-refractivity contribution in [2.75, 3.05) is 13.7 Å². The van der Waals surface area contributed by atoms with Crippen LogP contribution in [-0.2, 0) is 9.53 Å². The molecule has 1 fully saturated rings. The van der Waals surface area contributed by atoms with Crippen LogP contribution in [-0.4, -0.2) is 47.5 Å². The normalized spacial score (nSPS) is 25.1. The van der Waals surface area contributed by atoms with E-state index in [0.717, 1.165) is 5.01 Å². The lowest BCUT2D eigenvalue weighted by Crippen LogP contribution is -2.37. The molecule has 0 spiro atoms. The smallest absolute Gasteiger partial charge is 0.326 e. The molecule has 0 radical (unpaired) electrons. The molecule has 6 nitrogen and oxygen atoms in total. The lowest BCUT2D eigenvalue weighted by atomic mass is 10.1. The Bertz CT molecular complexity index is 534.